The van der Waals surface area contributed by atoms with Crippen LogP contribution in [0.3, 0.4) is 0 Å². The number of alkyl halides is 1. The van der Waals surface area contributed by atoms with Crippen molar-refractivity contribution in [3.05, 3.63) is 0 Å². The number of rotatable bonds is 3. The number of hydrogen-bond donors (Lipinski definition) is 1. The van der Waals surface area contributed by atoms with Crippen LogP contribution in [0.15, 0.2) is 0 Å². The van der Waals surface area contributed by atoms with Crippen molar-refractivity contribution in [2.24, 2.45) is 0 Å². The van der Waals surface area contributed by atoms with Gasteiger partial charge >= 0.3 is 0 Å². The Morgan fingerprint density at radius 3 is 2.75 bits per heavy atom. The summed E-state index contributed by atoms with van der Waals surface area (Å²) >= 11 is 0. The molecule has 0 aromatic rings. The van der Waals surface area contributed by atoms with E-state index in [1.807, 2.05) is 0 Å². The summed E-state index contributed by atoms with van der Waals surface area (Å²) in [7, 11) is -3.20. The van der Waals surface area contributed by atoms with E-state index in [0.29, 0.717) is 13.0 Å². The fourth-order valence-corrected chi connectivity index (χ4v) is 3.15. The fraction of sp³-hybridized carbons (Fsp3) is 1.00. The van der Waals surface area contributed by atoms with Crippen LogP contribution in [-0.2, 0) is 9.84 Å². The lowest BCUT2D eigenvalue weighted by Crippen LogP contribution is -2.29. The van der Waals surface area contributed by atoms with Crippen LogP contribution >= 0.6 is 0 Å². The van der Waals surface area contributed by atoms with Gasteiger partial charge < -0.3 is 5.32 Å². The first-order valence-electron chi connectivity index (χ1n) is 4.09. The lowest BCUT2D eigenvalue weighted by molar-refractivity contribution is 0.390. The lowest BCUT2D eigenvalue weighted by atomic mass is 10.4. The van der Waals surface area contributed by atoms with E-state index in [9.17, 15) is 12.8 Å². The maximum Gasteiger partial charge on any atom is 0.157 e. The van der Waals surface area contributed by atoms with Crippen molar-refractivity contribution in [2.75, 3.05) is 18.8 Å². The van der Waals surface area contributed by atoms with E-state index >= 15 is 0 Å². The van der Waals surface area contributed by atoms with Gasteiger partial charge in [-0.05, 0) is 19.9 Å². The van der Waals surface area contributed by atoms with Crippen LogP contribution in [0.2, 0.25) is 0 Å². The SMILES string of the molecule is CC(F)CS(=O)(=O)C1CCNC1. The summed E-state index contributed by atoms with van der Waals surface area (Å²) in [5.74, 6) is -0.334. The Balaban J connectivity index is 2.58. The zero-order chi connectivity index (χ0) is 9.19. The standard InChI is InChI=1S/C7H14FNO2S/c1-6(8)5-12(10,11)7-2-3-9-4-7/h6-7,9H,2-5H2,1H3. The summed E-state index contributed by atoms with van der Waals surface area (Å²) in [6.45, 7) is 2.49. The predicted octanol–water partition coefficient (Wildman–Crippen LogP) is 0.121. The normalized spacial score (nSPS) is 27.3. The average molecular weight is 195 g/mol. The first-order valence-corrected chi connectivity index (χ1v) is 5.80. The summed E-state index contributed by atoms with van der Waals surface area (Å²) in [4.78, 5) is 0. The van der Waals surface area contributed by atoms with E-state index in [-0.39, 0.29) is 11.0 Å². The van der Waals surface area contributed by atoms with Gasteiger partial charge in [-0.3, -0.25) is 0 Å². The van der Waals surface area contributed by atoms with E-state index in [1.165, 1.54) is 6.92 Å². The molecule has 5 heteroatoms. The van der Waals surface area contributed by atoms with Gasteiger partial charge in [0, 0.05) is 6.54 Å². The molecule has 2 unspecified atom stereocenters. The molecule has 12 heavy (non-hydrogen) atoms. The molecule has 1 heterocycles. The highest BCUT2D eigenvalue weighted by Crippen LogP contribution is 2.12. The Hall–Kier alpha value is -0.160. The van der Waals surface area contributed by atoms with Crippen LogP contribution in [0.25, 0.3) is 0 Å². The van der Waals surface area contributed by atoms with Gasteiger partial charge in [0.2, 0.25) is 0 Å². The second-order valence-electron chi connectivity index (χ2n) is 3.23. The minimum Gasteiger partial charge on any atom is -0.315 e. The van der Waals surface area contributed by atoms with E-state index in [1.54, 1.807) is 0 Å². The molecule has 1 fully saturated rings. The van der Waals surface area contributed by atoms with Crippen LogP contribution in [0, 0.1) is 0 Å². The second kappa shape index (κ2) is 3.70. The highest BCUT2D eigenvalue weighted by Gasteiger charge is 2.29. The number of halogens is 1. The number of hydrogen-bond acceptors (Lipinski definition) is 3. The maximum atomic E-state index is 12.5. The summed E-state index contributed by atoms with van der Waals surface area (Å²) in [5, 5.41) is 2.58. The third-order valence-electron chi connectivity index (χ3n) is 1.98. The summed E-state index contributed by atoms with van der Waals surface area (Å²) in [6.07, 6.45) is -0.634. The van der Waals surface area contributed by atoms with Crippen LogP contribution in [0.1, 0.15) is 13.3 Å². The second-order valence-corrected chi connectivity index (χ2v) is 5.55. The van der Waals surface area contributed by atoms with Gasteiger partial charge in [0.25, 0.3) is 0 Å². The maximum absolute atomic E-state index is 12.5. The molecule has 0 aliphatic carbocycles. The molecule has 0 aromatic heterocycles. The molecule has 0 saturated carbocycles. The number of nitrogens with one attached hydrogen (secondary N) is 1. The first-order chi connectivity index (χ1) is 5.52. The Kier molecular flexibility index (Phi) is 3.06. The molecular weight excluding hydrogens is 181 g/mol. The first kappa shape index (κ1) is 9.92. The van der Waals surface area contributed by atoms with Gasteiger partial charge in [-0.1, -0.05) is 0 Å². The highest BCUT2D eigenvalue weighted by atomic mass is 32.2. The lowest BCUT2D eigenvalue weighted by Gasteiger charge is -2.10. The summed E-state index contributed by atoms with van der Waals surface area (Å²) < 4.78 is 35.2. The molecule has 0 amide bonds. The minimum absolute atomic E-state index is 0.334. The molecule has 1 N–H and O–H groups in total. The molecule has 1 aliphatic rings. The molecule has 2 atom stereocenters. The molecule has 1 saturated heterocycles. The Bertz CT molecular complexity index is 232. The van der Waals surface area contributed by atoms with Crippen LogP contribution in [-0.4, -0.2) is 38.7 Å². The topological polar surface area (TPSA) is 46.2 Å². The molecule has 0 aromatic carbocycles. The molecule has 1 aliphatic heterocycles. The smallest absolute Gasteiger partial charge is 0.157 e. The molecule has 72 valence electrons. The third-order valence-corrected chi connectivity index (χ3v) is 4.33. The fourth-order valence-electron chi connectivity index (χ4n) is 1.39. The van der Waals surface area contributed by atoms with Crippen molar-refractivity contribution >= 4 is 9.84 Å². The van der Waals surface area contributed by atoms with Gasteiger partial charge in [0.05, 0.1) is 11.0 Å². The van der Waals surface area contributed by atoms with Crippen LogP contribution in [0.4, 0.5) is 4.39 Å². The molecule has 0 spiro atoms. The van der Waals surface area contributed by atoms with Gasteiger partial charge in [0.15, 0.2) is 9.84 Å². The highest BCUT2D eigenvalue weighted by molar-refractivity contribution is 7.92. The van der Waals surface area contributed by atoms with E-state index in [2.05, 4.69) is 5.32 Å². The van der Waals surface area contributed by atoms with Gasteiger partial charge in [-0.2, -0.15) is 0 Å². The monoisotopic (exact) mass is 195 g/mol. The van der Waals surface area contributed by atoms with Gasteiger partial charge in [-0.25, -0.2) is 12.8 Å². The van der Waals surface area contributed by atoms with Gasteiger partial charge in [0.1, 0.15) is 6.17 Å². The summed E-state index contributed by atoms with van der Waals surface area (Å²) in [5.41, 5.74) is 0. The molecule has 0 radical (unpaired) electrons. The van der Waals surface area contributed by atoms with Crippen molar-refractivity contribution in [2.45, 2.75) is 24.8 Å². The Morgan fingerprint density at radius 1 is 1.67 bits per heavy atom. The van der Waals surface area contributed by atoms with Crippen LogP contribution < -0.4 is 5.32 Å². The van der Waals surface area contributed by atoms with E-state index in [0.717, 1.165) is 6.54 Å². The van der Waals surface area contributed by atoms with Crippen molar-refractivity contribution in [1.82, 2.24) is 5.32 Å². The Labute approximate surface area is 72.3 Å². The minimum atomic E-state index is -3.20. The van der Waals surface area contributed by atoms with Gasteiger partial charge in [-0.15, -0.1) is 0 Å². The predicted molar refractivity (Wildman–Crippen MR) is 45.6 cm³/mol. The van der Waals surface area contributed by atoms with Crippen LogP contribution in [0.5, 0.6) is 0 Å². The van der Waals surface area contributed by atoms with E-state index in [4.69, 9.17) is 0 Å². The van der Waals surface area contributed by atoms with Crippen molar-refractivity contribution in [3.8, 4) is 0 Å². The average Bonchev–Trinajstić information content (AvgIpc) is 2.32. The third kappa shape index (κ3) is 2.42. The largest absolute Gasteiger partial charge is 0.315 e. The van der Waals surface area contributed by atoms with Crippen molar-refractivity contribution in [1.29, 1.82) is 0 Å². The summed E-state index contributed by atoms with van der Waals surface area (Å²) in [6, 6.07) is 0. The molecular formula is C7H14FNO2S. The number of sulfone groups is 1. The van der Waals surface area contributed by atoms with E-state index < -0.39 is 16.0 Å². The quantitative estimate of drug-likeness (QED) is 0.696. The Morgan fingerprint density at radius 2 is 2.33 bits per heavy atom. The molecule has 0 bridgehead atoms. The molecule has 3 nitrogen and oxygen atoms in total. The van der Waals surface area contributed by atoms with Crippen molar-refractivity contribution < 1.29 is 12.8 Å². The zero-order valence-electron chi connectivity index (χ0n) is 7.09. The van der Waals surface area contributed by atoms with Crippen molar-refractivity contribution in [3.63, 3.8) is 0 Å². The molecule has 1 rings (SSSR count). The zero-order valence-corrected chi connectivity index (χ0v) is 7.90.